The number of hydrogen-bond acceptors (Lipinski definition) is 2. The van der Waals surface area contributed by atoms with E-state index < -0.39 is 0 Å². The third-order valence-electron chi connectivity index (χ3n) is 3.27. The van der Waals surface area contributed by atoms with E-state index in [0.29, 0.717) is 17.8 Å². The fraction of sp³-hybridized carbons (Fsp3) is 0.769. The van der Waals surface area contributed by atoms with E-state index in [0.717, 1.165) is 12.2 Å². The molecule has 0 bridgehead atoms. The molecule has 1 aromatic rings. The molecule has 0 saturated heterocycles. The summed E-state index contributed by atoms with van der Waals surface area (Å²) in [5.74, 6) is 2.44. The molecule has 2 rings (SSSR count). The van der Waals surface area contributed by atoms with Crippen molar-refractivity contribution in [2.24, 2.45) is 13.0 Å². The Morgan fingerprint density at radius 3 is 2.59 bits per heavy atom. The van der Waals surface area contributed by atoms with E-state index in [2.05, 4.69) is 23.8 Å². The molecule has 96 valence electrons. The molecule has 0 radical (unpaired) electrons. The van der Waals surface area contributed by atoms with Gasteiger partial charge in [-0.15, -0.1) is 11.6 Å². The van der Waals surface area contributed by atoms with Gasteiger partial charge < -0.3 is 4.90 Å². The highest BCUT2D eigenvalue weighted by molar-refractivity contribution is 6.17. The molecule has 0 N–H and O–H groups in total. The maximum absolute atomic E-state index is 6.08. The summed E-state index contributed by atoms with van der Waals surface area (Å²) in [4.78, 5) is 2.50. The van der Waals surface area contributed by atoms with Crippen LogP contribution in [0.3, 0.4) is 0 Å². The van der Waals surface area contributed by atoms with E-state index >= 15 is 0 Å². The molecule has 1 aliphatic rings. The highest BCUT2D eigenvalue weighted by Crippen LogP contribution is 2.35. The van der Waals surface area contributed by atoms with Crippen molar-refractivity contribution >= 4 is 17.4 Å². The van der Waals surface area contributed by atoms with E-state index in [-0.39, 0.29) is 0 Å². The Hall–Kier alpha value is -0.700. The van der Waals surface area contributed by atoms with Gasteiger partial charge in [0.05, 0.1) is 11.6 Å². The van der Waals surface area contributed by atoms with Crippen molar-refractivity contribution in [2.45, 2.75) is 45.5 Å². The molecule has 0 amide bonds. The first-order valence-corrected chi connectivity index (χ1v) is 6.93. The monoisotopic (exact) mass is 255 g/mol. The smallest absolute Gasteiger partial charge is 0.131 e. The Kier molecular flexibility index (Phi) is 3.67. The minimum absolute atomic E-state index is 0.552. The van der Waals surface area contributed by atoms with Crippen molar-refractivity contribution in [1.29, 1.82) is 0 Å². The fourth-order valence-corrected chi connectivity index (χ4v) is 2.71. The summed E-state index contributed by atoms with van der Waals surface area (Å²) in [5.41, 5.74) is 2.26. The summed E-state index contributed by atoms with van der Waals surface area (Å²) in [6.45, 7) is 7.66. The molecule has 1 saturated carbocycles. The Morgan fingerprint density at radius 2 is 2.12 bits per heavy atom. The van der Waals surface area contributed by atoms with Crippen LogP contribution in [0.1, 0.15) is 37.9 Å². The van der Waals surface area contributed by atoms with Crippen molar-refractivity contribution in [3.63, 3.8) is 0 Å². The second-order valence-corrected chi connectivity index (χ2v) is 5.69. The number of aryl methyl sites for hydroxylation is 2. The van der Waals surface area contributed by atoms with Gasteiger partial charge in [-0.1, -0.05) is 13.8 Å². The molecule has 1 aromatic heterocycles. The SMILES string of the molecule is Cc1nn(C)c(N(CC(C)C)C2CC2)c1CCl. The maximum atomic E-state index is 6.08. The Labute approximate surface area is 109 Å². The third-order valence-corrected chi connectivity index (χ3v) is 3.54. The van der Waals surface area contributed by atoms with Crippen LogP contribution >= 0.6 is 11.6 Å². The van der Waals surface area contributed by atoms with E-state index in [4.69, 9.17) is 11.6 Å². The number of hydrogen-bond donors (Lipinski definition) is 0. The minimum atomic E-state index is 0.552. The largest absolute Gasteiger partial charge is 0.353 e. The first kappa shape index (κ1) is 12.7. The predicted molar refractivity (Wildman–Crippen MR) is 72.7 cm³/mol. The predicted octanol–water partition coefficient (Wildman–Crippen LogP) is 3.09. The van der Waals surface area contributed by atoms with E-state index in [1.54, 1.807) is 0 Å². The Bertz CT molecular complexity index is 394. The number of aromatic nitrogens is 2. The van der Waals surface area contributed by atoms with Gasteiger partial charge in [0.15, 0.2) is 0 Å². The van der Waals surface area contributed by atoms with Crippen LogP contribution in [0.4, 0.5) is 5.82 Å². The summed E-state index contributed by atoms with van der Waals surface area (Å²) in [6.07, 6.45) is 2.61. The highest BCUT2D eigenvalue weighted by atomic mass is 35.5. The lowest BCUT2D eigenvalue weighted by Gasteiger charge is -2.27. The highest BCUT2D eigenvalue weighted by Gasteiger charge is 2.33. The van der Waals surface area contributed by atoms with Gasteiger partial charge in [-0.25, -0.2) is 0 Å². The van der Waals surface area contributed by atoms with Crippen LogP contribution in [0.5, 0.6) is 0 Å². The molecule has 1 heterocycles. The van der Waals surface area contributed by atoms with Crippen LogP contribution in [0.15, 0.2) is 0 Å². The van der Waals surface area contributed by atoms with Gasteiger partial charge >= 0.3 is 0 Å². The topological polar surface area (TPSA) is 21.1 Å². The average Bonchev–Trinajstić information content (AvgIpc) is 3.01. The minimum Gasteiger partial charge on any atom is -0.353 e. The molecule has 0 aliphatic heterocycles. The summed E-state index contributed by atoms with van der Waals surface area (Å²) < 4.78 is 1.99. The molecule has 1 aliphatic carbocycles. The number of anilines is 1. The van der Waals surface area contributed by atoms with Crippen LogP contribution in [0, 0.1) is 12.8 Å². The summed E-state index contributed by atoms with van der Waals surface area (Å²) in [5, 5.41) is 4.51. The van der Waals surface area contributed by atoms with Gasteiger partial charge in [0.2, 0.25) is 0 Å². The number of rotatable bonds is 5. The zero-order valence-electron chi connectivity index (χ0n) is 11.2. The molecule has 17 heavy (non-hydrogen) atoms. The standard InChI is InChI=1S/C13H22ClN3/c1-9(2)8-17(11-5-6-11)13-12(7-14)10(3)15-16(13)4/h9,11H,5-8H2,1-4H3. The molecular weight excluding hydrogens is 234 g/mol. The first-order valence-electron chi connectivity index (χ1n) is 6.39. The average molecular weight is 256 g/mol. The lowest BCUT2D eigenvalue weighted by atomic mass is 10.2. The van der Waals surface area contributed by atoms with Crippen molar-refractivity contribution in [3.05, 3.63) is 11.3 Å². The van der Waals surface area contributed by atoms with E-state index in [1.807, 2.05) is 18.7 Å². The maximum Gasteiger partial charge on any atom is 0.131 e. The molecule has 0 unspecified atom stereocenters. The van der Waals surface area contributed by atoms with Crippen molar-refractivity contribution in [3.8, 4) is 0 Å². The van der Waals surface area contributed by atoms with Gasteiger partial charge in [0.25, 0.3) is 0 Å². The van der Waals surface area contributed by atoms with E-state index in [9.17, 15) is 0 Å². The lowest BCUT2D eigenvalue weighted by molar-refractivity contribution is 0.587. The van der Waals surface area contributed by atoms with Crippen molar-refractivity contribution in [2.75, 3.05) is 11.4 Å². The molecule has 0 aromatic carbocycles. The van der Waals surface area contributed by atoms with Crippen LogP contribution in [0.25, 0.3) is 0 Å². The Morgan fingerprint density at radius 1 is 1.47 bits per heavy atom. The lowest BCUT2D eigenvalue weighted by Crippen LogP contribution is -2.32. The van der Waals surface area contributed by atoms with E-state index in [1.165, 1.54) is 24.2 Å². The van der Waals surface area contributed by atoms with Crippen molar-refractivity contribution < 1.29 is 0 Å². The third kappa shape index (κ3) is 2.59. The molecule has 0 spiro atoms. The molecule has 1 fully saturated rings. The van der Waals surface area contributed by atoms with Crippen LogP contribution < -0.4 is 4.90 Å². The van der Waals surface area contributed by atoms with Gasteiger partial charge in [0.1, 0.15) is 5.82 Å². The second-order valence-electron chi connectivity index (χ2n) is 5.42. The van der Waals surface area contributed by atoms with Gasteiger partial charge in [0, 0.05) is 25.2 Å². The zero-order chi connectivity index (χ0) is 12.6. The molecule has 3 nitrogen and oxygen atoms in total. The number of nitrogens with zero attached hydrogens (tertiary/aromatic N) is 3. The quantitative estimate of drug-likeness (QED) is 0.754. The summed E-state index contributed by atoms with van der Waals surface area (Å²) >= 11 is 6.08. The molecule has 0 atom stereocenters. The summed E-state index contributed by atoms with van der Waals surface area (Å²) in [7, 11) is 2.02. The first-order chi connectivity index (χ1) is 8.04. The number of alkyl halides is 1. The van der Waals surface area contributed by atoms with Crippen molar-refractivity contribution in [1.82, 2.24) is 9.78 Å². The van der Waals surface area contributed by atoms with Gasteiger partial charge in [-0.3, -0.25) is 4.68 Å². The van der Waals surface area contributed by atoms with Crippen LogP contribution in [-0.2, 0) is 12.9 Å². The zero-order valence-corrected chi connectivity index (χ0v) is 12.0. The van der Waals surface area contributed by atoms with Gasteiger partial charge in [-0.2, -0.15) is 5.10 Å². The van der Waals surface area contributed by atoms with Gasteiger partial charge in [-0.05, 0) is 25.7 Å². The fourth-order valence-electron chi connectivity index (χ4n) is 2.39. The molecule has 4 heteroatoms. The number of halogens is 1. The Balaban J connectivity index is 2.34. The normalized spacial score (nSPS) is 15.6. The second kappa shape index (κ2) is 4.89. The molecular formula is C13H22ClN3. The van der Waals surface area contributed by atoms with Crippen LogP contribution in [-0.4, -0.2) is 22.4 Å². The van der Waals surface area contributed by atoms with Crippen LogP contribution in [0.2, 0.25) is 0 Å². The summed E-state index contributed by atoms with van der Waals surface area (Å²) in [6, 6.07) is 0.703.